The van der Waals surface area contributed by atoms with Crippen LogP contribution in [-0.2, 0) is 0 Å². The van der Waals surface area contributed by atoms with Gasteiger partial charge in [0.05, 0.1) is 8.66 Å². The second-order valence-electron chi connectivity index (χ2n) is 5.59. The molecule has 3 heterocycles. The number of piperidine rings is 1. The molecule has 2 fully saturated rings. The summed E-state index contributed by atoms with van der Waals surface area (Å²) < 4.78 is 1.06. The third-order valence-corrected chi connectivity index (χ3v) is 6.37. The van der Waals surface area contributed by atoms with Crippen LogP contribution in [0.4, 0.5) is 0 Å². The first-order chi connectivity index (χ1) is 9.13. The van der Waals surface area contributed by atoms with Crippen molar-refractivity contribution in [3.05, 3.63) is 20.3 Å². The Kier molecular flexibility index (Phi) is 3.96. The third kappa shape index (κ3) is 2.88. The number of nitrogens with one attached hydrogen (secondary N) is 1. The molecule has 3 rings (SSSR count). The van der Waals surface area contributed by atoms with Gasteiger partial charge in [0.25, 0.3) is 5.91 Å². The van der Waals surface area contributed by atoms with Crippen LogP contribution in [0.5, 0.6) is 0 Å². The lowest BCUT2D eigenvalue weighted by atomic mass is 9.97. The van der Waals surface area contributed by atoms with Crippen LogP contribution in [0.25, 0.3) is 0 Å². The van der Waals surface area contributed by atoms with Gasteiger partial charge in [-0.25, -0.2) is 0 Å². The molecule has 0 aromatic carbocycles. The van der Waals surface area contributed by atoms with Crippen molar-refractivity contribution in [2.45, 2.75) is 44.7 Å². The normalized spacial score (nSPS) is 27.3. The molecule has 19 heavy (non-hydrogen) atoms. The third-order valence-electron chi connectivity index (χ3n) is 4.24. The second-order valence-corrected chi connectivity index (χ2v) is 7.96. The predicted octanol–water partition coefficient (Wildman–Crippen LogP) is 3.18. The SMILES string of the molecule is Cc1cc(C(=O)NC2CCN3CCCC3C2)sc1Br. The Labute approximate surface area is 126 Å². The van der Waals surface area contributed by atoms with Gasteiger partial charge in [-0.2, -0.15) is 0 Å². The molecule has 1 N–H and O–H groups in total. The number of aryl methyl sites for hydroxylation is 1. The van der Waals surface area contributed by atoms with E-state index in [9.17, 15) is 4.79 Å². The first-order valence-corrected chi connectivity index (χ1v) is 8.55. The van der Waals surface area contributed by atoms with Gasteiger partial charge in [0.2, 0.25) is 0 Å². The van der Waals surface area contributed by atoms with Crippen LogP contribution in [0.2, 0.25) is 0 Å². The summed E-state index contributed by atoms with van der Waals surface area (Å²) in [5, 5.41) is 3.21. The van der Waals surface area contributed by atoms with E-state index in [-0.39, 0.29) is 5.91 Å². The first kappa shape index (κ1) is 13.6. The molecular formula is C14H19BrN2OS. The van der Waals surface area contributed by atoms with Crippen LogP contribution in [0.3, 0.4) is 0 Å². The van der Waals surface area contributed by atoms with Crippen LogP contribution >= 0.6 is 27.3 Å². The molecule has 0 bridgehead atoms. The zero-order valence-electron chi connectivity index (χ0n) is 11.1. The lowest BCUT2D eigenvalue weighted by Crippen LogP contribution is -2.47. The van der Waals surface area contributed by atoms with Gasteiger partial charge in [0.15, 0.2) is 0 Å². The monoisotopic (exact) mass is 342 g/mol. The Morgan fingerprint density at radius 2 is 2.32 bits per heavy atom. The lowest BCUT2D eigenvalue weighted by Gasteiger charge is -2.35. The summed E-state index contributed by atoms with van der Waals surface area (Å²) in [7, 11) is 0. The molecule has 0 saturated carbocycles. The van der Waals surface area contributed by atoms with E-state index >= 15 is 0 Å². The Balaban J connectivity index is 1.60. The van der Waals surface area contributed by atoms with Crippen molar-refractivity contribution < 1.29 is 4.79 Å². The van der Waals surface area contributed by atoms with E-state index in [4.69, 9.17) is 0 Å². The molecule has 2 atom stereocenters. The van der Waals surface area contributed by atoms with Crippen LogP contribution < -0.4 is 5.32 Å². The van der Waals surface area contributed by atoms with Crippen molar-refractivity contribution in [1.82, 2.24) is 10.2 Å². The number of hydrogen-bond donors (Lipinski definition) is 1. The minimum atomic E-state index is 0.0928. The standard InChI is InChI=1S/C14H19BrN2OS/c1-9-7-12(19-13(9)15)14(18)16-10-4-6-17-5-2-3-11(17)8-10/h7,10-11H,2-6,8H2,1H3,(H,16,18). The maximum atomic E-state index is 12.2. The highest BCUT2D eigenvalue weighted by Gasteiger charge is 2.32. The van der Waals surface area contributed by atoms with Crippen LogP contribution in [0.1, 0.15) is 40.9 Å². The second kappa shape index (κ2) is 5.54. The largest absolute Gasteiger partial charge is 0.349 e. The molecule has 0 radical (unpaired) electrons. The molecular weight excluding hydrogens is 324 g/mol. The Hall–Kier alpha value is -0.390. The van der Waals surface area contributed by atoms with Crippen molar-refractivity contribution in [2.75, 3.05) is 13.1 Å². The van der Waals surface area contributed by atoms with Crippen molar-refractivity contribution in [2.24, 2.45) is 0 Å². The van der Waals surface area contributed by atoms with E-state index in [0.717, 1.165) is 33.6 Å². The highest BCUT2D eigenvalue weighted by Crippen LogP contribution is 2.29. The van der Waals surface area contributed by atoms with E-state index in [0.29, 0.717) is 12.1 Å². The van der Waals surface area contributed by atoms with E-state index in [1.807, 2.05) is 13.0 Å². The van der Waals surface area contributed by atoms with Crippen LogP contribution in [0, 0.1) is 6.92 Å². The highest BCUT2D eigenvalue weighted by atomic mass is 79.9. The Morgan fingerprint density at radius 3 is 3.05 bits per heavy atom. The summed E-state index contributed by atoms with van der Waals surface area (Å²) in [5.41, 5.74) is 1.14. The van der Waals surface area contributed by atoms with Gasteiger partial charge in [0.1, 0.15) is 0 Å². The molecule has 2 aliphatic heterocycles. The summed E-state index contributed by atoms with van der Waals surface area (Å²) in [4.78, 5) is 15.6. The number of nitrogens with zero attached hydrogens (tertiary/aromatic N) is 1. The molecule has 2 unspecified atom stereocenters. The number of thiophene rings is 1. The zero-order chi connectivity index (χ0) is 13.4. The Morgan fingerprint density at radius 1 is 1.47 bits per heavy atom. The summed E-state index contributed by atoms with van der Waals surface area (Å²) in [6, 6.07) is 3.03. The minimum absolute atomic E-state index is 0.0928. The number of fused-ring (bicyclic) bond motifs is 1. The molecule has 0 aliphatic carbocycles. The molecule has 5 heteroatoms. The maximum absolute atomic E-state index is 12.2. The lowest BCUT2D eigenvalue weighted by molar-refractivity contribution is 0.0900. The van der Waals surface area contributed by atoms with Gasteiger partial charge in [-0.05, 0) is 66.7 Å². The topological polar surface area (TPSA) is 32.3 Å². The summed E-state index contributed by atoms with van der Waals surface area (Å²) in [6.07, 6.45) is 4.84. The van der Waals surface area contributed by atoms with Crippen molar-refractivity contribution in [1.29, 1.82) is 0 Å². The van der Waals surface area contributed by atoms with Gasteiger partial charge in [-0.1, -0.05) is 0 Å². The number of carbonyl (C=O) groups excluding carboxylic acids is 1. The maximum Gasteiger partial charge on any atom is 0.261 e. The van der Waals surface area contributed by atoms with Gasteiger partial charge >= 0.3 is 0 Å². The fourth-order valence-electron chi connectivity index (χ4n) is 3.18. The molecule has 1 amide bonds. The van der Waals surface area contributed by atoms with E-state index in [1.165, 1.54) is 30.7 Å². The van der Waals surface area contributed by atoms with Gasteiger partial charge in [-0.3, -0.25) is 4.79 Å². The predicted molar refractivity (Wildman–Crippen MR) is 81.8 cm³/mol. The van der Waals surface area contributed by atoms with Crippen LogP contribution in [-0.4, -0.2) is 36.0 Å². The number of halogens is 1. The molecule has 3 nitrogen and oxygen atoms in total. The van der Waals surface area contributed by atoms with Crippen molar-refractivity contribution in [3.63, 3.8) is 0 Å². The summed E-state index contributed by atoms with van der Waals surface area (Å²) in [6.45, 7) is 4.42. The molecule has 2 aliphatic rings. The van der Waals surface area contributed by atoms with Crippen molar-refractivity contribution >= 4 is 33.2 Å². The van der Waals surface area contributed by atoms with Gasteiger partial charge < -0.3 is 10.2 Å². The fourth-order valence-corrected chi connectivity index (χ4v) is 4.62. The number of amides is 1. The average Bonchev–Trinajstić information content (AvgIpc) is 2.96. The van der Waals surface area contributed by atoms with Crippen LogP contribution in [0.15, 0.2) is 9.85 Å². The quantitative estimate of drug-likeness (QED) is 0.895. The van der Waals surface area contributed by atoms with Gasteiger partial charge in [0, 0.05) is 18.6 Å². The Bertz CT molecular complexity index is 468. The fraction of sp³-hybridized carbons (Fsp3) is 0.643. The summed E-state index contributed by atoms with van der Waals surface area (Å²) in [5.74, 6) is 0.0928. The van der Waals surface area contributed by atoms with E-state index < -0.39 is 0 Å². The molecule has 0 spiro atoms. The summed E-state index contributed by atoms with van der Waals surface area (Å²) >= 11 is 5.00. The average molecular weight is 343 g/mol. The highest BCUT2D eigenvalue weighted by molar-refractivity contribution is 9.11. The molecule has 1 aromatic heterocycles. The number of carbonyl (C=O) groups is 1. The van der Waals surface area contributed by atoms with E-state index in [1.54, 1.807) is 0 Å². The first-order valence-electron chi connectivity index (χ1n) is 6.94. The molecule has 1 aromatic rings. The van der Waals surface area contributed by atoms with E-state index in [2.05, 4.69) is 26.1 Å². The number of rotatable bonds is 2. The molecule has 104 valence electrons. The number of hydrogen-bond acceptors (Lipinski definition) is 3. The van der Waals surface area contributed by atoms with Gasteiger partial charge in [-0.15, -0.1) is 11.3 Å². The molecule has 2 saturated heterocycles. The minimum Gasteiger partial charge on any atom is -0.349 e. The van der Waals surface area contributed by atoms with Crippen molar-refractivity contribution in [3.8, 4) is 0 Å². The zero-order valence-corrected chi connectivity index (χ0v) is 13.5. The smallest absolute Gasteiger partial charge is 0.261 e.